The van der Waals surface area contributed by atoms with Gasteiger partial charge in [-0.15, -0.1) is 0 Å². The summed E-state index contributed by atoms with van der Waals surface area (Å²) in [5.74, 6) is 0.935. The topological polar surface area (TPSA) is 0 Å². The zero-order valence-electron chi connectivity index (χ0n) is 10.4. The molecule has 0 bridgehead atoms. The monoisotopic (exact) mass is 270 g/mol. The van der Waals surface area contributed by atoms with Crippen molar-refractivity contribution in [2.45, 2.75) is 119 Å². The summed E-state index contributed by atoms with van der Waals surface area (Å²) in [6.07, 6.45) is 5.30. The Morgan fingerprint density at radius 2 is 0.722 bits per heavy atom. The van der Waals surface area contributed by atoms with Gasteiger partial charge in [0.15, 0.2) is 0 Å². The summed E-state index contributed by atoms with van der Waals surface area (Å²) in [7, 11) is 0. The third kappa shape index (κ3) is 144. The van der Waals surface area contributed by atoms with E-state index in [1.807, 2.05) is 13.8 Å². The summed E-state index contributed by atoms with van der Waals surface area (Å²) in [6.45, 7) is 15.1. The van der Waals surface area contributed by atoms with Gasteiger partial charge in [0, 0.05) is 0 Å². The zero-order valence-corrected chi connectivity index (χ0v) is 10.4. The Kier molecular flexibility index (Phi) is 317. The highest BCUT2D eigenvalue weighted by Crippen LogP contribution is 2.02. The number of rotatable bonds is 3. The van der Waals surface area contributed by atoms with E-state index in [0.717, 1.165) is 5.92 Å². The van der Waals surface area contributed by atoms with Crippen LogP contribution in [0.25, 0.3) is 0 Å². The predicted octanol–water partition coefficient (Wildman–Crippen LogP) is 9.09. The van der Waals surface area contributed by atoms with Crippen LogP contribution in [-0.2, 0) is 0 Å². The molecule has 0 spiro atoms. The molecular formula is C18H54. The Balaban J connectivity index is -0.00000000892. The molecule has 0 amide bonds. The second-order valence-corrected chi connectivity index (χ2v) is 2.92. The SMILES string of the molecule is C.C.C.C.C.C.CC.CCC(C)CC.CCCC. The molecule has 0 aliphatic rings. The zero-order chi connectivity index (χ0) is 10.4. The lowest BCUT2D eigenvalue weighted by molar-refractivity contribution is 0.544. The first-order chi connectivity index (χ1) is 5.72. The number of hydrogen-bond donors (Lipinski definition) is 0. The second kappa shape index (κ2) is 88.8. The molecule has 18 heavy (non-hydrogen) atoms. The van der Waals surface area contributed by atoms with E-state index in [-0.39, 0.29) is 44.6 Å². The molecule has 0 aliphatic heterocycles. The van der Waals surface area contributed by atoms with Crippen LogP contribution in [-0.4, -0.2) is 0 Å². The minimum absolute atomic E-state index is 0. The van der Waals surface area contributed by atoms with Crippen molar-refractivity contribution < 1.29 is 0 Å². The molecule has 0 saturated heterocycles. The second-order valence-electron chi connectivity index (χ2n) is 2.92. The van der Waals surface area contributed by atoms with Gasteiger partial charge in [0.1, 0.15) is 0 Å². The molecule has 0 aromatic rings. The van der Waals surface area contributed by atoms with Crippen molar-refractivity contribution in [3.63, 3.8) is 0 Å². The van der Waals surface area contributed by atoms with E-state index in [1.165, 1.54) is 25.7 Å². The minimum Gasteiger partial charge on any atom is -0.0776 e. The normalized spacial score (nSPS) is 5.33. The van der Waals surface area contributed by atoms with Crippen LogP contribution in [0.1, 0.15) is 119 Å². The van der Waals surface area contributed by atoms with Crippen molar-refractivity contribution in [1.29, 1.82) is 0 Å². The number of hydrogen-bond acceptors (Lipinski definition) is 0. The number of unbranched alkanes of at least 4 members (excludes halogenated alkanes) is 1. The van der Waals surface area contributed by atoms with Crippen LogP contribution < -0.4 is 0 Å². The Labute approximate surface area is 125 Å². The average molecular weight is 271 g/mol. The van der Waals surface area contributed by atoms with Crippen LogP contribution in [0.2, 0.25) is 0 Å². The fourth-order valence-electron chi connectivity index (χ4n) is 0.289. The third-order valence-electron chi connectivity index (χ3n) is 1.89. The third-order valence-corrected chi connectivity index (χ3v) is 1.89. The Hall–Kier alpha value is 0. The summed E-state index contributed by atoms with van der Waals surface area (Å²) in [5, 5.41) is 0. The Morgan fingerprint density at radius 1 is 0.556 bits per heavy atom. The van der Waals surface area contributed by atoms with Crippen LogP contribution in [0.3, 0.4) is 0 Å². The molecule has 0 atom stereocenters. The van der Waals surface area contributed by atoms with Crippen LogP contribution in [0.15, 0.2) is 0 Å². The van der Waals surface area contributed by atoms with E-state index < -0.39 is 0 Å². The van der Waals surface area contributed by atoms with Gasteiger partial charge in [-0.3, -0.25) is 0 Å². The molecule has 0 aromatic heterocycles. The quantitative estimate of drug-likeness (QED) is 0.479. The summed E-state index contributed by atoms with van der Waals surface area (Å²) >= 11 is 0. The molecular weight excluding hydrogens is 216 g/mol. The van der Waals surface area contributed by atoms with E-state index in [1.54, 1.807) is 0 Å². The highest BCUT2D eigenvalue weighted by Gasteiger charge is 1.88. The summed E-state index contributed by atoms with van der Waals surface area (Å²) in [4.78, 5) is 0. The van der Waals surface area contributed by atoms with Crippen LogP contribution in [0.5, 0.6) is 0 Å². The smallest absolute Gasteiger partial charge is 0.0448 e. The van der Waals surface area contributed by atoms with Gasteiger partial charge in [-0.05, 0) is 5.92 Å². The van der Waals surface area contributed by atoms with E-state index >= 15 is 0 Å². The maximum Gasteiger partial charge on any atom is -0.0448 e. The fourth-order valence-corrected chi connectivity index (χ4v) is 0.289. The van der Waals surface area contributed by atoms with Crippen molar-refractivity contribution in [3.05, 3.63) is 0 Å². The highest BCUT2D eigenvalue weighted by atomic mass is 13.9. The van der Waals surface area contributed by atoms with Crippen molar-refractivity contribution >= 4 is 0 Å². The summed E-state index contributed by atoms with van der Waals surface area (Å²) < 4.78 is 0. The molecule has 0 saturated carbocycles. The molecule has 0 fully saturated rings. The van der Waals surface area contributed by atoms with E-state index in [2.05, 4.69) is 34.6 Å². The van der Waals surface area contributed by atoms with E-state index in [0.29, 0.717) is 0 Å². The van der Waals surface area contributed by atoms with E-state index in [9.17, 15) is 0 Å². The van der Waals surface area contributed by atoms with Gasteiger partial charge in [-0.1, -0.05) is 119 Å². The first-order valence-corrected chi connectivity index (χ1v) is 5.72. The maximum atomic E-state index is 2.28. The molecule has 0 aliphatic carbocycles. The Morgan fingerprint density at radius 3 is 0.722 bits per heavy atom. The average Bonchev–Trinajstić information content (AvgIpc) is 2.20. The first-order valence-electron chi connectivity index (χ1n) is 5.72. The largest absolute Gasteiger partial charge is 0.0776 e. The predicted molar refractivity (Wildman–Crippen MR) is 102 cm³/mol. The van der Waals surface area contributed by atoms with Gasteiger partial charge >= 0.3 is 0 Å². The molecule has 0 rings (SSSR count). The Bertz CT molecular complexity index is 33.3. The van der Waals surface area contributed by atoms with Crippen molar-refractivity contribution in [2.75, 3.05) is 0 Å². The van der Waals surface area contributed by atoms with Crippen molar-refractivity contribution in [1.82, 2.24) is 0 Å². The minimum atomic E-state index is 0. The molecule has 0 nitrogen and oxygen atoms in total. The van der Waals surface area contributed by atoms with Gasteiger partial charge in [0.05, 0.1) is 0 Å². The van der Waals surface area contributed by atoms with Gasteiger partial charge in [0.2, 0.25) is 0 Å². The van der Waals surface area contributed by atoms with Gasteiger partial charge < -0.3 is 0 Å². The molecule has 0 aromatic carbocycles. The molecule has 0 heterocycles. The molecule has 0 N–H and O–H groups in total. The molecule has 0 unspecified atom stereocenters. The van der Waals surface area contributed by atoms with Crippen molar-refractivity contribution in [3.8, 4) is 0 Å². The van der Waals surface area contributed by atoms with Gasteiger partial charge in [-0.25, -0.2) is 0 Å². The highest BCUT2D eigenvalue weighted by molar-refractivity contribution is 4.41. The van der Waals surface area contributed by atoms with Crippen LogP contribution in [0.4, 0.5) is 0 Å². The van der Waals surface area contributed by atoms with Gasteiger partial charge in [0.25, 0.3) is 0 Å². The fraction of sp³-hybridized carbons (Fsp3) is 1.00. The lowest BCUT2D eigenvalue weighted by Gasteiger charge is -1.98. The summed E-state index contributed by atoms with van der Waals surface area (Å²) in [5.41, 5.74) is 0. The molecule has 0 heteroatoms. The molecule has 126 valence electrons. The van der Waals surface area contributed by atoms with Crippen LogP contribution in [0, 0.1) is 5.92 Å². The lowest BCUT2D eigenvalue weighted by atomic mass is 10.1. The van der Waals surface area contributed by atoms with Crippen molar-refractivity contribution in [2.24, 2.45) is 5.92 Å². The summed E-state index contributed by atoms with van der Waals surface area (Å²) in [6, 6.07) is 0. The lowest BCUT2D eigenvalue weighted by Crippen LogP contribution is -1.85. The molecule has 0 radical (unpaired) electrons. The van der Waals surface area contributed by atoms with E-state index in [4.69, 9.17) is 0 Å². The standard InChI is InChI=1S/C6H14.C4H10.C2H6.6CH4/c1-4-6(3)5-2;1-3-4-2;1-2;;;;;;/h6H,4-5H2,1-3H3;3-4H2,1-2H3;1-2H3;6*1H4. The van der Waals surface area contributed by atoms with Crippen LogP contribution >= 0.6 is 0 Å². The van der Waals surface area contributed by atoms with Gasteiger partial charge in [-0.2, -0.15) is 0 Å². The maximum absolute atomic E-state index is 2.28. The first kappa shape index (κ1) is 64.2.